The molecule has 0 aliphatic heterocycles. The van der Waals surface area contributed by atoms with Crippen molar-refractivity contribution in [3.05, 3.63) is 64.0 Å². The maximum atomic E-state index is 12.5. The van der Waals surface area contributed by atoms with Crippen molar-refractivity contribution in [1.29, 1.82) is 0 Å². The van der Waals surface area contributed by atoms with Crippen molar-refractivity contribution in [2.24, 2.45) is 0 Å². The number of hydrogen-bond donors (Lipinski definition) is 1. The van der Waals surface area contributed by atoms with Gasteiger partial charge in [0, 0.05) is 16.5 Å². The molecule has 5 nitrogen and oxygen atoms in total. The zero-order valence-electron chi connectivity index (χ0n) is 11.0. The fraction of sp³-hybridized carbons (Fsp3) is 0. The van der Waals surface area contributed by atoms with E-state index in [0.717, 1.165) is 0 Å². The molecule has 0 atom stereocenters. The first-order chi connectivity index (χ1) is 10.4. The lowest BCUT2D eigenvalue weighted by Crippen LogP contribution is -2.14. The number of halogens is 1. The Morgan fingerprint density at radius 1 is 1.00 bits per heavy atom. The fourth-order valence-electron chi connectivity index (χ4n) is 2.01. The van der Waals surface area contributed by atoms with Gasteiger partial charge in [-0.05, 0) is 42.5 Å². The molecule has 0 saturated carbocycles. The summed E-state index contributed by atoms with van der Waals surface area (Å²) >= 11 is 5.73. The Balaban J connectivity index is 2.25. The minimum absolute atomic E-state index is 0.0534. The second-order valence-corrected chi connectivity index (χ2v) is 6.93. The van der Waals surface area contributed by atoms with Gasteiger partial charge in [-0.2, -0.15) is 0 Å². The zero-order chi connectivity index (χ0) is 15.9. The summed E-state index contributed by atoms with van der Waals surface area (Å²) in [7, 11) is -4.02. The van der Waals surface area contributed by atoms with Crippen LogP contribution in [0, 0.1) is 0 Å². The Labute approximate surface area is 130 Å². The summed E-state index contributed by atoms with van der Waals surface area (Å²) in [6.07, 6.45) is 0. The monoisotopic (exact) mass is 336 g/mol. The van der Waals surface area contributed by atoms with Crippen LogP contribution in [-0.4, -0.2) is 13.5 Å². The quantitative estimate of drug-likeness (QED) is 0.727. The molecule has 0 saturated heterocycles. The molecule has 1 aromatic heterocycles. The van der Waals surface area contributed by atoms with Crippen molar-refractivity contribution in [1.82, 2.24) is 0 Å². The van der Waals surface area contributed by atoms with Gasteiger partial charge in [0.05, 0.1) is 4.90 Å². The molecule has 0 aliphatic carbocycles. The summed E-state index contributed by atoms with van der Waals surface area (Å²) < 4.78 is 30.0. The molecule has 0 bridgehead atoms. The van der Waals surface area contributed by atoms with Crippen LogP contribution in [0.2, 0.25) is 5.02 Å². The summed E-state index contributed by atoms with van der Waals surface area (Å²) in [5.74, 6) is -0.0797. The number of sulfone groups is 1. The van der Waals surface area contributed by atoms with Gasteiger partial charge in [0.15, 0.2) is 4.90 Å². The standard InChI is InChI=1S/C15H9ClO5S/c16-10-2-5-12(6-3-10)22(19,20)14-7-9-1-4-11(17)8-13(9)21-15(14)18/h1-8,17H. The van der Waals surface area contributed by atoms with Crippen molar-refractivity contribution in [3.8, 4) is 5.75 Å². The third-order valence-corrected chi connectivity index (χ3v) is 5.11. The minimum atomic E-state index is -4.02. The van der Waals surface area contributed by atoms with E-state index in [9.17, 15) is 18.3 Å². The van der Waals surface area contributed by atoms with Gasteiger partial charge in [0.25, 0.3) is 0 Å². The van der Waals surface area contributed by atoms with E-state index in [0.29, 0.717) is 10.4 Å². The van der Waals surface area contributed by atoms with Crippen LogP contribution < -0.4 is 5.63 Å². The summed E-state index contributed by atoms with van der Waals surface area (Å²) in [5.41, 5.74) is -0.881. The Morgan fingerprint density at radius 3 is 2.36 bits per heavy atom. The minimum Gasteiger partial charge on any atom is -0.508 e. The first-order valence-corrected chi connectivity index (χ1v) is 8.01. The third kappa shape index (κ3) is 2.47. The summed E-state index contributed by atoms with van der Waals surface area (Å²) in [6, 6.07) is 10.8. The van der Waals surface area contributed by atoms with Crippen molar-refractivity contribution in [2.45, 2.75) is 9.79 Å². The average Bonchev–Trinajstić information content (AvgIpc) is 2.46. The fourth-order valence-corrected chi connectivity index (χ4v) is 3.43. The molecule has 7 heteroatoms. The second kappa shape index (κ2) is 5.15. The van der Waals surface area contributed by atoms with Crippen molar-refractivity contribution in [3.63, 3.8) is 0 Å². The smallest absolute Gasteiger partial charge is 0.355 e. The number of phenols is 1. The molecule has 2 aromatic carbocycles. The lowest BCUT2D eigenvalue weighted by atomic mass is 10.2. The van der Waals surface area contributed by atoms with Gasteiger partial charge in [-0.3, -0.25) is 0 Å². The van der Waals surface area contributed by atoms with Crippen LogP contribution in [0.1, 0.15) is 0 Å². The predicted octanol–water partition coefficient (Wildman–Crippen LogP) is 2.98. The predicted molar refractivity (Wildman–Crippen MR) is 81.1 cm³/mol. The summed E-state index contributed by atoms with van der Waals surface area (Å²) in [4.78, 5) is 11.5. The maximum absolute atomic E-state index is 12.5. The van der Waals surface area contributed by atoms with Crippen LogP contribution in [0.3, 0.4) is 0 Å². The molecule has 0 unspecified atom stereocenters. The van der Waals surface area contributed by atoms with Crippen molar-refractivity contribution < 1.29 is 17.9 Å². The molecule has 1 heterocycles. The third-order valence-electron chi connectivity index (χ3n) is 3.10. The summed E-state index contributed by atoms with van der Waals surface area (Å²) in [5, 5.41) is 10.1. The highest BCUT2D eigenvalue weighted by molar-refractivity contribution is 7.91. The van der Waals surface area contributed by atoms with Crippen LogP contribution in [-0.2, 0) is 9.84 Å². The Bertz CT molecular complexity index is 1020. The van der Waals surface area contributed by atoms with Gasteiger partial charge in [-0.25, -0.2) is 13.2 Å². The highest BCUT2D eigenvalue weighted by atomic mass is 35.5. The van der Waals surface area contributed by atoms with E-state index in [1.807, 2.05) is 0 Å². The first kappa shape index (κ1) is 14.6. The van der Waals surface area contributed by atoms with Gasteiger partial charge in [-0.1, -0.05) is 11.6 Å². The SMILES string of the molecule is O=c1oc2cc(O)ccc2cc1S(=O)(=O)c1ccc(Cl)cc1. The molecule has 112 valence electrons. The second-order valence-electron chi connectivity index (χ2n) is 4.58. The van der Waals surface area contributed by atoms with Crippen LogP contribution in [0.5, 0.6) is 5.75 Å². The number of phenolic OH excluding ortho intramolecular Hbond substituents is 1. The molecule has 1 N–H and O–H groups in total. The summed E-state index contributed by atoms with van der Waals surface area (Å²) in [6.45, 7) is 0. The molecule has 3 rings (SSSR count). The molecule has 0 amide bonds. The van der Waals surface area contributed by atoms with Gasteiger partial charge in [-0.15, -0.1) is 0 Å². The van der Waals surface area contributed by atoms with E-state index in [-0.39, 0.29) is 16.2 Å². The molecule has 0 aliphatic rings. The lowest BCUT2D eigenvalue weighted by Gasteiger charge is -2.05. The first-order valence-electron chi connectivity index (χ1n) is 6.15. The molecule has 0 spiro atoms. The Morgan fingerprint density at radius 2 is 1.68 bits per heavy atom. The highest BCUT2D eigenvalue weighted by Crippen LogP contribution is 2.24. The van der Waals surface area contributed by atoms with E-state index in [2.05, 4.69) is 0 Å². The Kier molecular flexibility index (Phi) is 3.42. The van der Waals surface area contributed by atoms with Gasteiger partial charge in [0.2, 0.25) is 9.84 Å². The number of benzene rings is 2. The van der Waals surface area contributed by atoms with Gasteiger partial charge in [0.1, 0.15) is 11.3 Å². The molecular weight excluding hydrogens is 328 g/mol. The molecule has 3 aromatic rings. The van der Waals surface area contributed by atoms with Crippen LogP contribution in [0.15, 0.2) is 67.5 Å². The van der Waals surface area contributed by atoms with Crippen molar-refractivity contribution in [2.75, 3.05) is 0 Å². The largest absolute Gasteiger partial charge is 0.508 e. The van der Waals surface area contributed by atoms with E-state index in [1.165, 1.54) is 48.5 Å². The average molecular weight is 337 g/mol. The van der Waals surface area contributed by atoms with Crippen LogP contribution in [0.4, 0.5) is 0 Å². The van der Waals surface area contributed by atoms with E-state index < -0.39 is 20.4 Å². The normalized spacial score (nSPS) is 11.7. The number of aromatic hydroxyl groups is 1. The zero-order valence-corrected chi connectivity index (χ0v) is 12.6. The van der Waals surface area contributed by atoms with E-state index in [4.69, 9.17) is 16.0 Å². The highest BCUT2D eigenvalue weighted by Gasteiger charge is 2.23. The topological polar surface area (TPSA) is 84.6 Å². The molecule has 0 radical (unpaired) electrons. The van der Waals surface area contributed by atoms with E-state index in [1.54, 1.807) is 0 Å². The van der Waals surface area contributed by atoms with Gasteiger partial charge < -0.3 is 9.52 Å². The molecular formula is C15H9ClO5S. The number of hydrogen-bond acceptors (Lipinski definition) is 5. The molecule has 22 heavy (non-hydrogen) atoms. The molecule has 0 fully saturated rings. The lowest BCUT2D eigenvalue weighted by molar-refractivity contribution is 0.472. The van der Waals surface area contributed by atoms with Gasteiger partial charge >= 0.3 is 5.63 Å². The number of rotatable bonds is 2. The maximum Gasteiger partial charge on any atom is 0.355 e. The number of fused-ring (bicyclic) bond motifs is 1. The van der Waals surface area contributed by atoms with Crippen molar-refractivity contribution >= 4 is 32.4 Å². The van der Waals surface area contributed by atoms with Crippen LogP contribution in [0.25, 0.3) is 11.0 Å². The Hall–Kier alpha value is -2.31. The van der Waals surface area contributed by atoms with E-state index >= 15 is 0 Å². The van der Waals surface area contributed by atoms with Crippen LogP contribution >= 0.6 is 11.6 Å².